The maximum atomic E-state index is 5.15. The summed E-state index contributed by atoms with van der Waals surface area (Å²) >= 11 is 1.57. The van der Waals surface area contributed by atoms with Crippen LogP contribution in [0.2, 0.25) is 0 Å². The highest BCUT2D eigenvalue weighted by Crippen LogP contribution is 2.23. The Balaban J connectivity index is 1.68. The number of rotatable bonds is 6. The van der Waals surface area contributed by atoms with Crippen molar-refractivity contribution in [3.63, 3.8) is 0 Å². The lowest BCUT2D eigenvalue weighted by Crippen LogP contribution is -1.98. The molecule has 0 spiro atoms. The number of imidazole rings is 1. The predicted molar refractivity (Wildman–Crippen MR) is 85.8 cm³/mol. The molecule has 2 heterocycles. The number of aryl methyl sites for hydroxylation is 1. The molecule has 0 bridgehead atoms. The average Bonchev–Trinajstić information content (AvgIpc) is 3.21. The van der Waals surface area contributed by atoms with Gasteiger partial charge >= 0.3 is 0 Å². The van der Waals surface area contributed by atoms with Crippen molar-refractivity contribution in [2.75, 3.05) is 7.11 Å². The minimum absolute atomic E-state index is 0.719. The molecule has 0 saturated carbocycles. The van der Waals surface area contributed by atoms with Gasteiger partial charge in [-0.1, -0.05) is 11.8 Å². The first-order valence-corrected chi connectivity index (χ1v) is 7.98. The first-order valence-electron chi connectivity index (χ1n) is 6.99. The second kappa shape index (κ2) is 6.65. The number of aromatic nitrogens is 5. The van der Waals surface area contributed by atoms with Gasteiger partial charge in [-0.15, -0.1) is 5.10 Å². The lowest BCUT2D eigenvalue weighted by atomic mass is 10.2. The maximum absolute atomic E-state index is 5.15. The quantitative estimate of drug-likeness (QED) is 0.708. The van der Waals surface area contributed by atoms with Gasteiger partial charge in [0, 0.05) is 24.5 Å². The highest BCUT2D eigenvalue weighted by Gasteiger charge is 2.08. The van der Waals surface area contributed by atoms with E-state index in [1.54, 1.807) is 18.9 Å². The van der Waals surface area contributed by atoms with Crippen LogP contribution in [0, 0.1) is 0 Å². The van der Waals surface area contributed by atoms with Gasteiger partial charge in [0.15, 0.2) is 5.82 Å². The third-order valence-electron chi connectivity index (χ3n) is 3.30. The molecule has 0 aliphatic rings. The summed E-state index contributed by atoms with van der Waals surface area (Å²) < 4.78 is 7.27. The molecule has 2 aromatic heterocycles. The van der Waals surface area contributed by atoms with Gasteiger partial charge in [-0.3, -0.25) is 5.10 Å². The topological polar surface area (TPSA) is 68.6 Å². The molecule has 3 aromatic rings. The number of ether oxygens (including phenoxy) is 1. The van der Waals surface area contributed by atoms with E-state index in [1.165, 1.54) is 0 Å². The fraction of sp³-hybridized carbons (Fsp3) is 0.267. The van der Waals surface area contributed by atoms with E-state index in [0.29, 0.717) is 0 Å². The highest BCUT2D eigenvalue weighted by molar-refractivity contribution is 7.98. The number of hydrogen-bond donors (Lipinski definition) is 1. The van der Waals surface area contributed by atoms with Gasteiger partial charge in [-0.2, -0.15) is 0 Å². The van der Waals surface area contributed by atoms with Crippen molar-refractivity contribution in [3.05, 3.63) is 42.5 Å². The normalized spacial score (nSPS) is 10.8. The third-order valence-corrected chi connectivity index (χ3v) is 4.14. The second-order valence-corrected chi connectivity index (χ2v) is 5.56. The molecule has 0 saturated heterocycles. The van der Waals surface area contributed by atoms with Gasteiger partial charge in [-0.05, 0) is 31.2 Å². The van der Waals surface area contributed by atoms with Gasteiger partial charge in [0.1, 0.15) is 11.6 Å². The zero-order valence-corrected chi connectivity index (χ0v) is 13.3. The Morgan fingerprint density at radius 3 is 2.82 bits per heavy atom. The number of aromatic amines is 1. The zero-order valence-electron chi connectivity index (χ0n) is 12.5. The summed E-state index contributed by atoms with van der Waals surface area (Å²) in [6.45, 7) is 3.02. The summed E-state index contributed by atoms with van der Waals surface area (Å²) in [5.74, 6) is 3.36. The van der Waals surface area contributed by atoms with Crippen LogP contribution in [0.15, 0.2) is 41.8 Å². The number of thioether (sulfide) groups is 1. The standard InChI is InChI=1S/C15H17N5OS/c1-3-20-9-8-16-13(20)10-22-15-17-14(18-19-15)11-4-6-12(21-2)7-5-11/h4-9H,3,10H2,1-2H3,(H,17,18,19). The van der Waals surface area contributed by atoms with Crippen molar-refractivity contribution in [3.8, 4) is 17.1 Å². The van der Waals surface area contributed by atoms with Crippen molar-refractivity contribution in [2.45, 2.75) is 24.4 Å². The predicted octanol–water partition coefficient (Wildman–Crippen LogP) is 2.99. The summed E-state index contributed by atoms with van der Waals surface area (Å²) in [7, 11) is 1.65. The molecular formula is C15H17N5OS. The minimum Gasteiger partial charge on any atom is -0.497 e. The van der Waals surface area contributed by atoms with Crippen LogP contribution in [-0.4, -0.2) is 31.8 Å². The molecule has 1 N–H and O–H groups in total. The number of nitrogens with one attached hydrogen (secondary N) is 1. The summed E-state index contributed by atoms with van der Waals surface area (Å²) in [6, 6.07) is 7.72. The van der Waals surface area contributed by atoms with E-state index in [0.717, 1.165) is 40.4 Å². The van der Waals surface area contributed by atoms with E-state index < -0.39 is 0 Å². The minimum atomic E-state index is 0.719. The Labute approximate surface area is 132 Å². The SMILES string of the molecule is CCn1ccnc1CSc1n[nH]c(-c2ccc(OC)cc2)n1. The Hall–Kier alpha value is -2.28. The fourth-order valence-electron chi connectivity index (χ4n) is 2.09. The van der Waals surface area contributed by atoms with Crippen LogP contribution >= 0.6 is 11.8 Å². The van der Waals surface area contributed by atoms with E-state index in [-0.39, 0.29) is 0 Å². The van der Waals surface area contributed by atoms with Crippen molar-refractivity contribution < 1.29 is 4.74 Å². The molecule has 22 heavy (non-hydrogen) atoms. The van der Waals surface area contributed by atoms with Gasteiger partial charge in [-0.25, -0.2) is 9.97 Å². The van der Waals surface area contributed by atoms with Crippen LogP contribution < -0.4 is 4.74 Å². The van der Waals surface area contributed by atoms with E-state index in [4.69, 9.17) is 4.74 Å². The largest absolute Gasteiger partial charge is 0.497 e. The Morgan fingerprint density at radius 1 is 1.27 bits per heavy atom. The molecule has 3 rings (SSSR count). The summed E-state index contributed by atoms with van der Waals surface area (Å²) in [6.07, 6.45) is 3.80. The van der Waals surface area contributed by atoms with Crippen molar-refractivity contribution in [1.82, 2.24) is 24.7 Å². The molecule has 6 nitrogen and oxygen atoms in total. The smallest absolute Gasteiger partial charge is 0.209 e. The third kappa shape index (κ3) is 3.14. The molecule has 0 fully saturated rings. The monoisotopic (exact) mass is 315 g/mol. The van der Waals surface area contributed by atoms with Crippen molar-refractivity contribution >= 4 is 11.8 Å². The number of hydrogen-bond acceptors (Lipinski definition) is 5. The van der Waals surface area contributed by atoms with Gasteiger partial charge in [0.2, 0.25) is 5.16 Å². The van der Waals surface area contributed by atoms with Crippen molar-refractivity contribution in [1.29, 1.82) is 0 Å². The molecule has 114 valence electrons. The van der Waals surface area contributed by atoms with E-state index in [9.17, 15) is 0 Å². The van der Waals surface area contributed by atoms with E-state index >= 15 is 0 Å². The molecule has 0 amide bonds. The molecule has 0 aliphatic heterocycles. The molecular weight excluding hydrogens is 298 g/mol. The van der Waals surface area contributed by atoms with Crippen LogP contribution in [0.5, 0.6) is 5.75 Å². The number of H-pyrrole nitrogens is 1. The van der Waals surface area contributed by atoms with Crippen LogP contribution in [0.3, 0.4) is 0 Å². The molecule has 0 aliphatic carbocycles. The van der Waals surface area contributed by atoms with E-state index in [1.807, 2.05) is 36.7 Å². The highest BCUT2D eigenvalue weighted by atomic mass is 32.2. The number of benzene rings is 1. The molecule has 0 unspecified atom stereocenters. The average molecular weight is 315 g/mol. The van der Waals surface area contributed by atoms with Crippen LogP contribution in [0.1, 0.15) is 12.7 Å². The first-order chi connectivity index (χ1) is 10.8. The van der Waals surface area contributed by atoms with Crippen molar-refractivity contribution in [2.24, 2.45) is 0 Å². The number of nitrogens with zero attached hydrogens (tertiary/aromatic N) is 4. The summed E-state index contributed by atoms with van der Waals surface area (Å²) in [5.41, 5.74) is 0.982. The van der Waals surface area contributed by atoms with Gasteiger partial charge < -0.3 is 9.30 Å². The van der Waals surface area contributed by atoms with Gasteiger partial charge in [0.05, 0.1) is 12.9 Å². The van der Waals surface area contributed by atoms with Crippen LogP contribution in [0.4, 0.5) is 0 Å². The molecule has 1 aromatic carbocycles. The molecule has 0 radical (unpaired) electrons. The summed E-state index contributed by atoms with van der Waals surface area (Å²) in [4.78, 5) is 8.86. The van der Waals surface area contributed by atoms with E-state index in [2.05, 4.69) is 31.7 Å². The van der Waals surface area contributed by atoms with Gasteiger partial charge in [0.25, 0.3) is 0 Å². The Kier molecular flexibility index (Phi) is 4.43. The lowest BCUT2D eigenvalue weighted by Gasteiger charge is -2.02. The van der Waals surface area contributed by atoms with Crippen LogP contribution in [-0.2, 0) is 12.3 Å². The maximum Gasteiger partial charge on any atom is 0.209 e. The number of methoxy groups -OCH3 is 1. The first kappa shape index (κ1) is 14.6. The summed E-state index contributed by atoms with van der Waals surface area (Å²) in [5, 5.41) is 7.94. The fourth-order valence-corrected chi connectivity index (χ4v) is 2.85. The Bertz CT molecular complexity index is 734. The Morgan fingerprint density at radius 2 is 2.09 bits per heavy atom. The second-order valence-electron chi connectivity index (χ2n) is 4.61. The molecule has 0 atom stereocenters. The lowest BCUT2D eigenvalue weighted by molar-refractivity contribution is 0.415. The molecule has 7 heteroatoms. The van der Waals surface area contributed by atoms with Crippen LogP contribution in [0.25, 0.3) is 11.4 Å². The zero-order chi connectivity index (χ0) is 15.4.